The van der Waals surface area contributed by atoms with Crippen molar-refractivity contribution >= 4 is 45.5 Å². The van der Waals surface area contributed by atoms with E-state index in [9.17, 15) is 0 Å². The molecule has 0 aliphatic rings. The van der Waals surface area contributed by atoms with Crippen LogP contribution in [0.3, 0.4) is 0 Å². The molecule has 3 heteroatoms. The number of hydrogen-bond donors (Lipinski definition) is 0. The van der Waals surface area contributed by atoms with Gasteiger partial charge in [0, 0.05) is 0 Å². The molecule has 0 aromatic carbocycles. The van der Waals surface area contributed by atoms with Gasteiger partial charge in [-0.3, -0.25) is 0 Å². The molecule has 2 nitrogen and oxygen atoms in total. The molecule has 0 aromatic rings. The molecule has 0 rings (SSSR count). The molecule has 0 heterocycles. The summed E-state index contributed by atoms with van der Waals surface area (Å²) in [4.78, 5) is 0. The van der Waals surface area contributed by atoms with Gasteiger partial charge in [-0.1, -0.05) is 65.2 Å². The molecule has 15 heavy (non-hydrogen) atoms. The summed E-state index contributed by atoms with van der Waals surface area (Å²) in [5.74, 6) is 0. The largest absolute Gasteiger partial charge is 2.00 e. The van der Waals surface area contributed by atoms with Crippen molar-refractivity contribution in [2.24, 2.45) is 0 Å². The van der Waals surface area contributed by atoms with Crippen LogP contribution in [0.1, 0.15) is 65.2 Å². The molecule has 0 radical (unpaired) electrons. The average Bonchev–Trinajstić information content (AvgIpc) is 2.21. The van der Waals surface area contributed by atoms with Crippen LogP contribution in [0.15, 0.2) is 0 Å². The Hall–Kier alpha value is 1.40. The zero-order chi connectivity index (χ0) is 11.1. The molecule has 0 spiro atoms. The number of rotatable bonds is 8. The van der Waals surface area contributed by atoms with E-state index in [1.807, 2.05) is 0 Å². The molecule has 0 atom stereocenters. The molecular weight excluding hydrogens is 260 g/mol. The van der Waals surface area contributed by atoms with E-state index in [1.165, 1.54) is 38.5 Å². The van der Waals surface area contributed by atoms with E-state index in [-0.39, 0.29) is 45.5 Å². The van der Waals surface area contributed by atoms with Crippen LogP contribution < -0.4 is 0 Å². The summed E-state index contributed by atoms with van der Waals surface area (Å²) >= 11 is 0. The van der Waals surface area contributed by atoms with Crippen molar-refractivity contribution in [3.05, 3.63) is 11.5 Å². The smallest absolute Gasteiger partial charge is 0.677 e. The van der Waals surface area contributed by atoms with Crippen LogP contribution in [0, 0.1) is 0 Å². The minimum atomic E-state index is 0. The Morgan fingerprint density at radius 1 is 0.600 bits per heavy atom. The molecule has 2 N–H and O–H groups in total. The van der Waals surface area contributed by atoms with Crippen LogP contribution in [0.25, 0.3) is 11.5 Å². The molecule has 0 saturated carbocycles. The molecule has 0 amide bonds. The maximum atomic E-state index is 6.78. The number of unbranched alkanes of at least 4 members (excludes halogenated alkanes) is 6. The standard InChI is InChI=1S/2C6H14N.Sr/c2*1-2-3-4-5-6-7;/h2*7H,2-6H2,1H3;/q2*-1;+2. The first-order valence-corrected chi connectivity index (χ1v) is 6.12. The van der Waals surface area contributed by atoms with Crippen LogP contribution in [0.2, 0.25) is 0 Å². The summed E-state index contributed by atoms with van der Waals surface area (Å²) in [5, 5.41) is 0. The van der Waals surface area contributed by atoms with Crippen molar-refractivity contribution in [3.63, 3.8) is 0 Å². The normalized spacial score (nSPS) is 8.80. The first-order chi connectivity index (χ1) is 6.83. The monoisotopic (exact) mass is 288 g/mol. The predicted molar refractivity (Wildman–Crippen MR) is 72.4 cm³/mol. The van der Waals surface area contributed by atoms with E-state index in [2.05, 4.69) is 13.8 Å². The van der Waals surface area contributed by atoms with Crippen molar-refractivity contribution in [3.8, 4) is 0 Å². The van der Waals surface area contributed by atoms with Gasteiger partial charge in [0.15, 0.2) is 0 Å². The summed E-state index contributed by atoms with van der Waals surface area (Å²) in [6, 6.07) is 0. The van der Waals surface area contributed by atoms with Gasteiger partial charge in [-0.05, 0) is 0 Å². The predicted octanol–water partition coefficient (Wildman–Crippen LogP) is 4.86. The van der Waals surface area contributed by atoms with Gasteiger partial charge in [0.1, 0.15) is 0 Å². The fraction of sp³-hybridized carbons (Fsp3) is 1.00. The fourth-order valence-corrected chi connectivity index (χ4v) is 1.10. The van der Waals surface area contributed by atoms with Gasteiger partial charge in [0.25, 0.3) is 0 Å². The first kappa shape index (κ1) is 21.7. The number of hydrogen-bond acceptors (Lipinski definition) is 0. The summed E-state index contributed by atoms with van der Waals surface area (Å²) in [6.07, 6.45) is 9.85. The molecule has 0 bridgehead atoms. The summed E-state index contributed by atoms with van der Waals surface area (Å²) < 4.78 is 0. The van der Waals surface area contributed by atoms with Gasteiger partial charge in [0.05, 0.1) is 0 Å². The van der Waals surface area contributed by atoms with Crippen molar-refractivity contribution in [2.45, 2.75) is 65.2 Å². The van der Waals surface area contributed by atoms with E-state index in [0.29, 0.717) is 13.1 Å². The van der Waals surface area contributed by atoms with Gasteiger partial charge in [-0.25, -0.2) is 0 Å². The first-order valence-electron chi connectivity index (χ1n) is 6.12. The van der Waals surface area contributed by atoms with Crippen molar-refractivity contribution in [1.29, 1.82) is 0 Å². The van der Waals surface area contributed by atoms with Gasteiger partial charge in [-0.15, -0.1) is 0 Å². The minimum Gasteiger partial charge on any atom is -0.677 e. The Morgan fingerprint density at radius 3 is 1.13 bits per heavy atom. The maximum absolute atomic E-state index is 6.78. The van der Waals surface area contributed by atoms with Crippen molar-refractivity contribution in [2.75, 3.05) is 13.1 Å². The Bertz CT molecular complexity index is 62.0. The van der Waals surface area contributed by atoms with Gasteiger partial charge in [-0.2, -0.15) is 13.1 Å². The van der Waals surface area contributed by atoms with E-state index in [4.69, 9.17) is 11.5 Å². The van der Waals surface area contributed by atoms with Crippen LogP contribution in [-0.2, 0) is 0 Å². The average molecular weight is 288 g/mol. The summed E-state index contributed by atoms with van der Waals surface area (Å²) in [7, 11) is 0. The molecule has 0 unspecified atom stereocenters. The van der Waals surface area contributed by atoms with Crippen LogP contribution in [-0.4, -0.2) is 58.6 Å². The minimum absolute atomic E-state index is 0. The van der Waals surface area contributed by atoms with E-state index in [1.54, 1.807) is 0 Å². The van der Waals surface area contributed by atoms with Crippen molar-refractivity contribution < 1.29 is 0 Å². The molecule has 0 aliphatic heterocycles. The van der Waals surface area contributed by atoms with Gasteiger partial charge >= 0.3 is 45.5 Å². The zero-order valence-corrected chi connectivity index (χ0v) is 14.3. The second kappa shape index (κ2) is 24.6. The maximum Gasteiger partial charge on any atom is 2.00 e. The summed E-state index contributed by atoms with van der Waals surface area (Å²) in [5.41, 5.74) is 13.6. The molecule has 0 fully saturated rings. The Balaban J connectivity index is -0.000000180. The number of nitrogens with one attached hydrogen (secondary N) is 2. The Kier molecular flexibility index (Phi) is 35.5. The van der Waals surface area contributed by atoms with E-state index < -0.39 is 0 Å². The van der Waals surface area contributed by atoms with Crippen LogP contribution >= 0.6 is 0 Å². The third-order valence-electron chi connectivity index (χ3n) is 2.06. The van der Waals surface area contributed by atoms with Gasteiger partial charge < -0.3 is 11.5 Å². The SMILES string of the molecule is CCCCCC[NH-].CCCCCC[NH-].[Sr+2]. The van der Waals surface area contributed by atoms with E-state index >= 15 is 0 Å². The molecular formula is C12H28N2Sr. The van der Waals surface area contributed by atoms with E-state index in [0.717, 1.165) is 12.8 Å². The molecule has 88 valence electrons. The molecule has 0 saturated heterocycles. The quantitative estimate of drug-likeness (QED) is 0.452. The molecule has 0 aliphatic carbocycles. The van der Waals surface area contributed by atoms with Gasteiger partial charge in [0.2, 0.25) is 0 Å². The second-order valence-electron chi connectivity index (χ2n) is 3.62. The Labute approximate surface area is 134 Å². The van der Waals surface area contributed by atoms with Crippen LogP contribution in [0.5, 0.6) is 0 Å². The molecule has 0 aromatic heterocycles. The topological polar surface area (TPSA) is 47.6 Å². The second-order valence-corrected chi connectivity index (χ2v) is 3.62. The third-order valence-corrected chi connectivity index (χ3v) is 2.06. The van der Waals surface area contributed by atoms with Crippen molar-refractivity contribution in [1.82, 2.24) is 0 Å². The summed E-state index contributed by atoms with van der Waals surface area (Å²) in [6.45, 7) is 5.59. The zero-order valence-electron chi connectivity index (χ0n) is 10.8. The Morgan fingerprint density at radius 2 is 0.933 bits per heavy atom. The fourth-order valence-electron chi connectivity index (χ4n) is 1.10. The third kappa shape index (κ3) is 31.3. The van der Waals surface area contributed by atoms with Crippen LogP contribution in [0.4, 0.5) is 0 Å².